The molecule has 1 aliphatic heterocycles. The molecule has 0 saturated heterocycles. The standard InChI is InChI=1S/C19H31N5O.ClH/c1-11(2)18-22-16-7-6-15(10-24(16)23-18)21-19(25)14-8-12-4-3-5-13(9-14)17(12)20;/h11-15,17H,3-10,20H2,1-2H3,(H,21,25);1H. The molecule has 3 atom stereocenters. The molecule has 0 aromatic carbocycles. The molecule has 0 radical (unpaired) electrons. The summed E-state index contributed by atoms with van der Waals surface area (Å²) in [5.74, 6) is 3.80. The Hall–Kier alpha value is -1.14. The predicted octanol–water partition coefficient (Wildman–Crippen LogP) is 2.41. The monoisotopic (exact) mass is 381 g/mol. The van der Waals surface area contributed by atoms with Gasteiger partial charge in [0, 0.05) is 30.3 Å². The number of nitrogens with one attached hydrogen (secondary N) is 1. The molecule has 3 aliphatic rings. The highest BCUT2D eigenvalue weighted by Gasteiger charge is 2.41. The number of halogens is 1. The van der Waals surface area contributed by atoms with E-state index in [0.29, 0.717) is 23.8 Å². The quantitative estimate of drug-likeness (QED) is 0.841. The van der Waals surface area contributed by atoms with Gasteiger partial charge in [-0.05, 0) is 43.9 Å². The van der Waals surface area contributed by atoms with Crippen LogP contribution in [-0.2, 0) is 17.8 Å². The summed E-state index contributed by atoms with van der Waals surface area (Å²) in [5.41, 5.74) is 6.36. The van der Waals surface area contributed by atoms with Crippen LogP contribution in [0.3, 0.4) is 0 Å². The fourth-order valence-corrected chi connectivity index (χ4v) is 5.01. The first kappa shape index (κ1) is 19.6. The number of aromatic nitrogens is 3. The Morgan fingerprint density at radius 3 is 2.58 bits per heavy atom. The number of nitrogens with zero attached hydrogens (tertiary/aromatic N) is 3. The first-order valence-corrected chi connectivity index (χ1v) is 10.0. The number of hydrogen-bond acceptors (Lipinski definition) is 4. The second-order valence-electron chi connectivity index (χ2n) is 8.66. The predicted molar refractivity (Wildman–Crippen MR) is 103 cm³/mol. The Bertz CT molecular complexity index is 632. The van der Waals surface area contributed by atoms with Gasteiger partial charge in [-0.15, -0.1) is 12.4 Å². The highest BCUT2D eigenvalue weighted by atomic mass is 35.5. The van der Waals surface area contributed by atoms with Crippen LogP contribution in [0.2, 0.25) is 0 Å². The van der Waals surface area contributed by atoms with E-state index in [2.05, 4.69) is 29.2 Å². The average Bonchev–Trinajstić information content (AvgIpc) is 2.98. The van der Waals surface area contributed by atoms with Gasteiger partial charge in [-0.3, -0.25) is 4.79 Å². The number of carbonyl (C=O) groups excluding carboxylic acids is 1. The van der Waals surface area contributed by atoms with Crippen molar-refractivity contribution in [2.45, 2.75) is 83.3 Å². The van der Waals surface area contributed by atoms with Gasteiger partial charge in [-0.1, -0.05) is 20.3 Å². The molecule has 0 spiro atoms. The van der Waals surface area contributed by atoms with Crippen LogP contribution in [0.25, 0.3) is 0 Å². The highest BCUT2D eigenvalue weighted by Crippen LogP contribution is 2.42. The van der Waals surface area contributed by atoms with Gasteiger partial charge in [0.15, 0.2) is 5.82 Å². The summed E-state index contributed by atoms with van der Waals surface area (Å²) in [5, 5.41) is 7.92. The first-order chi connectivity index (χ1) is 12.0. The number of hydrogen-bond donors (Lipinski definition) is 2. The van der Waals surface area contributed by atoms with Crippen LogP contribution in [0.15, 0.2) is 0 Å². The first-order valence-electron chi connectivity index (χ1n) is 10.0. The molecule has 3 N–H and O–H groups in total. The summed E-state index contributed by atoms with van der Waals surface area (Å²) in [6.45, 7) is 4.98. The molecular weight excluding hydrogens is 350 g/mol. The van der Waals surface area contributed by atoms with Gasteiger partial charge < -0.3 is 11.1 Å². The zero-order valence-corrected chi connectivity index (χ0v) is 16.7. The van der Waals surface area contributed by atoms with E-state index in [1.807, 2.05) is 4.68 Å². The second kappa shape index (κ2) is 7.85. The summed E-state index contributed by atoms with van der Waals surface area (Å²) >= 11 is 0. The lowest BCUT2D eigenvalue weighted by Gasteiger charge is -2.43. The van der Waals surface area contributed by atoms with Gasteiger partial charge in [0.05, 0.1) is 6.54 Å². The van der Waals surface area contributed by atoms with E-state index in [4.69, 9.17) is 5.73 Å². The van der Waals surface area contributed by atoms with Gasteiger partial charge >= 0.3 is 0 Å². The normalized spacial score (nSPS) is 33.3. The Kier molecular flexibility index (Phi) is 5.92. The number of aryl methyl sites for hydroxylation is 1. The number of carbonyl (C=O) groups is 1. The molecule has 7 heteroatoms. The van der Waals surface area contributed by atoms with Crippen LogP contribution in [0, 0.1) is 17.8 Å². The van der Waals surface area contributed by atoms with Crippen LogP contribution < -0.4 is 11.1 Å². The van der Waals surface area contributed by atoms with E-state index in [0.717, 1.165) is 43.9 Å². The molecule has 26 heavy (non-hydrogen) atoms. The molecule has 2 bridgehead atoms. The Balaban J connectivity index is 0.00000196. The van der Waals surface area contributed by atoms with Gasteiger partial charge in [-0.2, -0.15) is 5.10 Å². The average molecular weight is 382 g/mol. The van der Waals surface area contributed by atoms with Crippen molar-refractivity contribution in [2.75, 3.05) is 0 Å². The van der Waals surface area contributed by atoms with Crippen molar-refractivity contribution in [2.24, 2.45) is 23.5 Å². The summed E-state index contributed by atoms with van der Waals surface area (Å²) in [6.07, 6.45) is 7.49. The van der Waals surface area contributed by atoms with Crippen molar-refractivity contribution in [1.29, 1.82) is 0 Å². The lowest BCUT2D eigenvalue weighted by molar-refractivity contribution is -0.128. The maximum atomic E-state index is 12.8. The third-order valence-corrected chi connectivity index (χ3v) is 6.52. The third-order valence-electron chi connectivity index (χ3n) is 6.52. The minimum Gasteiger partial charge on any atom is -0.351 e. The maximum absolute atomic E-state index is 12.8. The lowest BCUT2D eigenvalue weighted by Crippen LogP contribution is -2.51. The van der Waals surface area contributed by atoms with Gasteiger partial charge in [0.2, 0.25) is 5.91 Å². The summed E-state index contributed by atoms with van der Waals surface area (Å²) < 4.78 is 2.00. The summed E-state index contributed by atoms with van der Waals surface area (Å²) in [7, 11) is 0. The van der Waals surface area contributed by atoms with E-state index in [1.165, 1.54) is 19.3 Å². The Morgan fingerprint density at radius 2 is 1.92 bits per heavy atom. The largest absolute Gasteiger partial charge is 0.351 e. The van der Waals surface area contributed by atoms with Crippen LogP contribution >= 0.6 is 12.4 Å². The fraction of sp³-hybridized carbons (Fsp3) is 0.842. The molecule has 1 amide bonds. The van der Waals surface area contributed by atoms with Gasteiger partial charge in [-0.25, -0.2) is 9.67 Å². The van der Waals surface area contributed by atoms with Crippen molar-refractivity contribution >= 4 is 18.3 Å². The zero-order valence-electron chi connectivity index (χ0n) is 15.9. The molecule has 3 unspecified atom stereocenters. The van der Waals surface area contributed by atoms with Crippen molar-refractivity contribution in [3.05, 3.63) is 11.6 Å². The number of nitrogens with two attached hydrogens (primary N) is 1. The molecular formula is C19H32ClN5O. The molecule has 146 valence electrons. The smallest absolute Gasteiger partial charge is 0.223 e. The Labute approximate surface area is 162 Å². The number of fused-ring (bicyclic) bond motifs is 3. The lowest BCUT2D eigenvalue weighted by atomic mass is 9.65. The second-order valence-corrected chi connectivity index (χ2v) is 8.66. The maximum Gasteiger partial charge on any atom is 0.223 e. The molecule has 1 aromatic rings. The number of amides is 1. The molecule has 2 heterocycles. The molecule has 4 rings (SSSR count). The highest BCUT2D eigenvalue weighted by molar-refractivity contribution is 5.85. The van der Waals surface area contributed by atoms with E-state index in [-0.39, 0.29) is 30.3 Å². The minimum absolute atomic E-state index is 0. The molecule has 2 fully saturated rings. The van der Waals surface area contributed by atoms with Crippen molar-refractivity contribution in [3.63, 3.8) is 0 Å². The topological polar surface area (TPSA) is 85.8 Å². The molecule has 2 aliphatic carbocycles. The van der Waals surface area contributed by atoms with Crippen LogP contribution in [-0.4, -0.2) is 32.8 Å². The fourth-order valence-electron chi connectivity index (χ4n) is 5.01. The van der Waals surface area contributed by atoms with Crippen LogP contribution in [0.5, 0.6) is 0 Å². The molecule has 2 saturated carbocycles. The third kappa shape index (κ3) is 3.77. The Morgan fingerprint density at radius 1 is 1.23 bits per heavy atom. The van der Waals surface area contributed by atoms with Gasteiger partial charge in [0.1, 0.15) is 5.82 Å². The molecule has 6 nitrogen and oxygen atoms in total. The van der Waals surface area contributed by atoms with Crippen molar-refractivity contribution < 1.29 is 4.79 Å². The summed E-state index contributed by atoms with van der Waals surface area (Å²) in [4.78, 5) is 17.5. The van der Waals surface area contributed by atoms with E-state index in [1.54, 1.807) is 0 Å². The van der Waals surface area contributed by atoms with Crippen LogP contribution in [0.1, 0.15) is 69.9 Å². The van der Waals surface area contributed by atoms with E-state index in [9.17, 15) is 4.79 Å². The zero-order chi connectivity index (χ0) is 17.6. The van der Waals surface area contributed by atoms with Crippen molar-refractivity contribution in [1.82, 2.24) is 20.1 Å². The van der Waals surface area contributed by atoms with Crippen LogP contribution in [0.4, 0.5) is 0 Å². The summed E-state index contributed by atoms with van der Waals surface area (Å²) in [6, 6.07) is 0.497. The minimum atomic E-state index is 0. The van der Waals surface area contributed by atoms with E-state index < -0.39 is 0 Å². The van der Waals surface area contributed by atoms with E-state index >= 15 is 0 Å². The molecule has 1 aromatic heterocycles. The van der Waals surface area contributed by atoms with Crippen molar-refractivity contribution in [3.8, 4) is 0 Å². The number of rotatable bonds is 3. The SMILES string of the molecule is CC(C)c1nc2n(n1)CC(NC(=O)C1CC3CCCC(C1)C3N)CC2.Cl. The van der Waals surface area contributed by atoms with Gasteiger partial charge in [0.25, 0.3) is 0 Å².